The number of nitrogens with zero attached hydrogens (tertiary/aromatic N) is 2. The first-order valence-electron chi connectivity index (χ1n) is 5.72. The molecular weight excluding hydrogens is 270 g/mol. The fourth-order valence-corrected chi connectivity index (χ4v) is 1.81. The Hall–Kier alpha value is -1.70. The molecule has 1 heterocycles. The van der Waals surface area contributed by atoms with Crippen molar-refractivity contribution in [2.75, 3.05) is 23.9 Å². The second kappa shape index (κ2) is 5.96. The van der Waals surface area contributed by atoms with Crippen molar-refractivity contribution in [1.82, 2.24) is 9.97 Å². The van der Waals surface area contributed by atoms with E-state index in [1.807, 2.05) is 13.8 Å². The van der Waals surface area contributed by atoms with E-state index in [0.717, 1.165) is 6.26 Å². The second-order valence-electron chi connectivity index (χ2n) is 4.51. The number of carbonyl (C=O) groups is 1. The maximum Gasteiger partial charge on any atom is 0.356 e. The maximum atomic E-state index is 11.1. The number of hydrogen-bond acceptors (Lipinski definition) is 6. The SMILES string of the molecule is CC(C)c1ncc(NCCS(C)(=O)=O)c(C(=O)O)n1. The number of carboxylic acids is 1. The molecule has 7 nitrogen and oxygen atoms in total. The quantitative estimate of drug-likeness (QED) is 0.794. The van der Waals surface area contributed by atoms with E-state index < -0.39 is 15.8 Å². The van der Waals surface area contributed by atoms with Crippen LogP contribution in [0.25, 0.3) is 0 Å². The van der Waals surface area contributed by atoms with Crippen LogP contribution >= 0.6 is 0 Å². The molecule has 106 valence electrons. The zero-order valence-corrected chi connectivity index (χ0v) is 11.9. The summed E-state index contributed by atoms with van der Waals surface area (Å²) in [5.74, 6) is -0.807. The van der Waals surface area contributed by atoms with Crippen LogP contribution in [-0.2, 0) is 9.84 Å². The van der Waals surface area contributed by atoms with Gasteiger partial charge in [-0.25, -0.2) is 23.2 Å². The minimum absolute atomic E-state index is 0.0168. The molecule has 0 bridgehead atoms. The van der Waals surface area contributed by atoms with Gasteiger partial charge in [0, 0.05) is 18.7 Å². The number of aromatic carboxylic acids is 1. The number of hydrogen-bond donors (Lipinski definition) is 2. The van der Waals surface area contributed by atoms with Gasteiger partial charge in [-0.3, -0.25) is 0 Å². The normalized spacial score (nSPS) is 11.6. The average Bonchev–Trinajstić information content (AvgIpc) is 2.27. The first kappa shape index (κ1) is 15.4. The summed E-state index contributed by atoms with van der Waals surface area (Å²) in [5, 5.41) is 11.8. The van der Waals surface area contributed by atoms with Crippen molar-refractivity contribution in [2.24, 2.45) is 0 Å². The van der Waals surface area contributed by atoms with Crippen LogP contribution in [0.15, 0.2) is 6.20 Å². The van der Waals surface area contributed by atoms with Gasteiger partial charge in [-0.2, -0.15) is 0 Å². The van der Waals surface area contributed by atoms with Crippen LogP contribution in [0.1, 0.15) is 36.1 Å². The molecule has 0 fully saturated rings. The molecule has 0 radical (unpaired) electrons. The Morgan fingerprint density at radius 1 is 1.47 bits per heavy atom. The zero-order valence-electron chi connectivity index (χ0n) is 11.0. The fraction of sp³-hybridized carbons (Fsp3) is 0.545. The Morgan fingerprint density at radius 2 is 2.11 bits per heavy atom. The number of nitrogens with one attached hydrogen (secondary N) is 1. The molecule has 0 unspecified atom stereocenters. The van der Waals surface area contributed by atoms with E-state index in [2.05, 4.69) is 15.3 Å². The van der Waals surface area contributed by atoms with E-state index in [0.29, 0.717) is 5.82 Å². The molecule has 0 aliphatic rings. The summed E-state index contributed by atoms with van der Waals surface area (Å²) in [4.78, 5) is 19.1. The average molecular weight is 287 g/mol. The zero-order chi connectivity index (χ0) is 14.6. The van der Waals surface area contributed by atoms with Crippen molar-refractivity contribution in [3.63, 3.8) is 0 Å². The Labute approximate surface area is 112 Å². The van der Waals surface area contributed by atoms with Gasteiger partial charge in [-0.1, -0.05) is 13.8 Å². The molecule has 0 saturated heterocycles. The summed E-state index contributed by atoms with van der Waals surface area (Å²) < 4.78 is 22.0. The topological polar surface area (TPSA) is 109 Å². The highest BCUT2D eigenvalue weighted by atomic mass is 32.2. The van der Waals surface area contributed by atoms with Crippen molar-refractivity contribution in [2.45, 2.75) is 19.8 Å². The second-order valence-corrected chi connectivity index (χ2v) is 6.77. The van der Waals surface area contributed by atoms with Crippen LogP contribution in [0.5, 0.6) is 0 Å². The van der Waals surface area contributed by atoms with Gasteiger partial charge in [0.25, 0.3) is 0 Å². The molecule has 1 aromatic heterocycles. The predicted molar refractivity (Wildman–Crippen MR) is 71.3 cm³/mol. The van der Waals surface area contributed by atoms with E-state index in [-0.39, 0.29) is 29.6 Å². The first-order chi connectivity index (χ1) is 8.70. The standard InChI is InChI=1S/C11H17N3O4S/c1-7(2)10-13-6-8(9(14-10)11(15)16)12-4-5-19(3,17)18/h6-7,12H,4-5H2,1-3H3,(H,15,16). The smallest absolute Gasteiger partial charge is 0.356 e. The van der Waals surface area contributed by atoms with Crippen molar-refractivity contribution < 1.29 is 18.3 Å². The number of carboxylic acid groups (broad SMARTS) is 1. The number of aromatic nitrogens is 2. The molecule has 0 saturated carbocycles. The van der Waals surface area contributed by atoms with Crippen LogP contribution in [0.4, 0.5) is 5.69 Å². The Morgan fingerprint density at radius 3 is 2.58 bits per heavy atom. The molecule has 0 amide bonds. The first-order valence-corrected chi connectivity index (χ1v) is 7.78. The Kier molecular flexibility index (Phi) is 4.82. The molecule has 0 atom stereocenters. The molecule has 0 spiro atoms. The summed E-state index contributed by atoms with van der Waals surface area (Å²) in [5.41, 5.74) is 0.0766. The fourth-order valence-electron chi connectivity index (χ4n) is 1.34. The molecule has 0 aliphatic heterocycles. The van der Waals surface area contributed by atoms with Crippen LogP contribution < -0.4 is 5.32 Å². The summed E-state index contributed by atoms with van der Waals surface area (Å²) in [6.07, 6.45) is 2.49. The van der Waals surface area contributed by atoms with Gasteiger partial charge in [-0.05, 0) is 0 Å². The van der Waals surface area contributed by atoms with Gasteiger partial charge in [-0.15, -0.1) is 0 Å². The van der Waals surface area contributed by atoms with Crippen molar-refractivity contribution in [3.8, 4) is 0 Å². The molecule has 0 aliphatic carbocycles. The highest BCUT2D eigenvalue weighted by molar-refractivity contribution is 7.90. The Balaban J connectivity index is 2.91. The highest BCUT2D eigenvalue weighted by Gasteiger charge is 2.15. The van der Waals surface area contributed by atoms with E-state index in [4.69, 9.17) is 5.11 Å². The van der Waals surface area contributed by atoms with Crippen molar-refractivity contribution in [3.05, 3.63) is 17.7 Å². The number of anilines is 1. The summed E-state index contributed by atoms with van der Waals surface area (Å²) >= 11 is 0. The highest BCUT2D eigenvalue weighted by Crippen LogP contribution is 2.16. The third-order valence-electron chi connectivity index (χ3n) is 2.31. The lowest BCUT2D eigenvalue weighted by Crippen LogP contribution is -2.17. The molecule has 1 aromatic rings. The summed E-state index contributed by atoms with van der Waals surface area (Å²) in [6.45, 7) is 3.83. The van der Waals surface area contributed by atoms with Gasteiger partial charge in [0.2, 0.25) is 0 Å². The molecule has 2 N–H and O–H groups in total. The molecule has 8 heteroatoms. The minimum atomic E-state index is -3.10. The van der Waals surface area contributed by atoms with Gasteiger partial charge < -0.3 is 10.4 Å². The summed E-state index contributed by atoms with van der Waals surface area (Å²) in [6, 6.07) is 0. The molecule has 1 rings (SSSR count). The van der Waals surface area contributed by atoms with Gasteiger partial charge in [0.1, 0.15) is 15.7 Å². The monoisotopic (exact) mass is 287 g/mol. The molecular formula is C11H17N3O4S. The van der Waals surface area contributed by atoms with Crippen LogP contribution in [-0.4, -0.2) is 48.0 Å². The largest absolute Gasteiger partial charge is 0.476 e. The van der Waals surface area contributed by atoms with E-state index in [9.17, 15) is 13.2 Å². The van der Waals surface area contributed by atoms with Crippen LogP contribution in [0.2, 0.25) is 0 Å². The van der Waals surface area contributed by atoms with E-state index in [1.54, 1.807) is 0 Å². The van der Waals surface area contributed by atoms with Gasteiger partial charge >= 0.3 is 5.97 Å². The third kappa shape index (κ3) is 4.82. The van der Waals surface area contributed by atoms with Gasteiger partial charge in [0.05, 0.1) is 17.6 Å². The van der Waals surface area contributed by atoms with E-state index in [1.165, 1.54) is 6.20 Å². The van der Waals surface area contributed by atoms with E-state index >= 15 is 0 Å². The lowest BCUT2D eigenvalue weighted by Gasteiger charge is -2.10. The molecule has 19 heavy (non-hydrogen) atoms. The minimum Gasteiger partial charge on any atom is -0.476 e. The summed E-state index contributed by atoms with van der Waals surface area (Å²) in [7, 11) is -3.10. The van der Waals surface area contributed by atoms with Crippen molar-refractivity contribution >= 4 is 21.5 Å². The molecule has 0 aromatic carbocycles. The third-order valence-corrected chi connectivity index (χ3v) is 3.26. The number of rotatable bonds is 6. The lowest BCUT2D eigenvalue weighted by molar-refractivity contribution is 0.0691. The lowest BCUT2D eigenvalue weighted by atomic mass is 10.2. The maximum absolute atomic E-state index is 11.1. The Bertz CT molecular complexity index is 569. The van der Waals surface area contributed by atoms with Crippen LogP contribution in [0.3, 0.4) is 0 Å². The van der Waals surface area contributed by atoms with Crippen molar-refractivity contribution in [1.29, 1.82) is 0 Å². The number of sulfone groups is 1. The predicted octanol–water partition coefficient (Wildman–Crippen LogP) is 0.755. The van der Waals surface area contributed by atoms with Crippen LogP contribution in [0, 0.1) is 0 Å². The van der Waals surface area contributed by atoms with Gasteiger partial charge in [0.15, 0.2) is 5.69 Å².